The molecule has 0 amide bonds. The average Bonchev–Trinajstić information content (AvgIpc) is 2.79. The van der Waals surface area contributed by atoms with E-state index in [1.807, 2.05) is 18.2 Å². The molecule has 0 unspecified atom stereocenters. The van der Waals surface area contributed by atoms with Crippen LogP contribution in [-0.2, 0) is 18.8 Å². The SMILES string of the molecule is COc1ncc(C2(O)[C@@H]3CCC[C@@H]2CN(Cc2ccc(OC)c(CO)c2)C3)c(OC)n1. The highest BCUT2D eigenvalue weighted by atomic mass is 16.5. The van der Waals surface area contributed by atoms with Crippen molar-refractivity contribution in [2.24, 2.45) is 11.8 Å². The number of hydrogen-bond donors (Lipinski definition) is 2. The predicted molar refractivity (Wildman–Crippen MR) is 114 cm³/mol. The quantitative estimate of drug-likeness (QED) is 0.691. The summed E-state index contributed by atoms with van der Waals surface area (Å²) in [6.07, 6.45) is 4.62. The van der Waals surface area contributed by atoms with Crippen LogP contribution in [0.4, 0.5) is 0 Å². The molecule has 2 aromatic rings. The standard InChI is InChI=1S/C23H31N3O5/c1-29-20-8-7-15(9-16(20)14-27)11-26-12-17-5-4-6-18(13-26)23(17,28)19-10-24-22(31-3)25-21(19)30-2/h7-10,17-18,27-28H,4-6,11-14H2,1-3H3/t17-,18-/m1/s1. The van der Waals surface area contributed by atoms with Gasteiger partial charge in [0.15, 0.2) is 0 Å². The largest absolute Gasteiger partial charge is 0.496 e. The molecule has 4 rings (SSSR count). The van der Waals surface area contributed by atoms with E-state index in [4.69, 9.17) is 14.2 Å². The first kappa shape index (κ1) is 21.8. The van der Waals surface area contributed by atoms with Crippen molar-refractivity contribution in [3.8, 4) is 17.6 Å². The highest BCUT2D eigenvalue weighted by Crippen LogP contribution is 2.51. The Kier molecular flexibility index (Phi) is 6.31. The maximum absolute atomic E-state index is 12.0. The number of aliphatic hydroxyl groups is 2. The second-order valence-electron chi connectivity index (χ2n) is 8.43. The van der Waals surface area contributed by atoms with Crippen molar-refractivity contribution in [3.63, 3.8) is 0 Å². The molecule has 8 heteroatoms. The average molecular weight is 430 g/mol. The van der Waals surface area contributed by atoms with Gasteiger partial charge in [0.2, 0.25) is 5.88 Å². The fourth-order valence-corrected chi connectivity index (χ4v) is 5.30. The lowest BCUT2D eigenvalue weighted by atomic mass is 9.63. The fraction of sp³-hybridized carbons (Fsp3) is 0.565. The van der Waals surface area contributed by atoms with Crippen molar-refractivity contribution >= 4 is 0 Å². The van der Waals surface area contributed by atoms with Gasteiger partial charge in [-0.1, -0.05) is 12.5 Å². The van der Waals surface area contributed by atoms with Gasteiger partial charge in [-0.05, 0) is 30.5 Å². The highest BCUT2D eigenvalue weighted by Gasteiger charge is 2.53. The summed E-state index contributed by atoms with van der Waals surface area (Å²) < 4.78 is 15.9. The Hall–Kier alpha value is -2.42. The maximum Gasteiger partial charge on any atom is 0.319 e. The maximum atomic E-state index is 12.0. The summed E-state index contributed by atoms with van der Waals surface area (Å²) in [4.78, 5) is 11.0. The molecule has 168 valence electrons. The molecule has 0 spiro atoms. The summed E-state index contributed by atoms with van der Waals surface area (Å²) in [6, 6.07) is 6.16. The second-order valence-corrected chi connectivity index (χ2v) is 8.43. The van der Waals surface area contributed by atoms with Crippen LogP contribution in [0.3, 0.4) is 0 Å². The van der Waals surface area contributed by atoms with E-state index in [-0.39, 0.29) is 24.5 Å². The first-order valence-corrected chi connectivity index (χ1v) is 10.7. The molecule has 1 aromatic heterocycles. The minimum absolute atomic E-state index is 0.0563. The molecule has 8 nitrogen and oxygen atoms in total. The zero-order chi connectivity index (χ0) is 22.0. The number of methoxy groups -OCH3 is 3. The van der Waals surface area contributed by atoms with Crippen LogP contribution in [-0.4, -0.2) is 59.5 Å². The van der Waals surface area contributed by atoms with Crippen molar-refractivity contribution in [2.45, 2.75) is 38.0 Å². The van der Waals surface area contributed by atoms with Gasteiger partial charge in [0.25, 0.3) is 0 Å². The van der Waals surface area contributed by atoms with Gasteiger partial charge in [-0.15, -0.1) is 0 Å². The summed E-state index contributed by atoms with van der Waals surface area (Å²) in [5.41, 5.74) is 1.53. The van der Waals surface area contributed by atoms with E-state index < -0.39 is 5.60 Å². The Morgan fingerprint density at radius 2 is 1.84 bits per heavy atom. The monoisotopic (exact) mass is 429 g/mol. The molecule has 2 N–H and O–H groups in total. The van der Waals surface area contributed by atoms with Crippen molar-refractivity contribution in [2.75, 3.05) is 34.4 Å². The third kappa shape index (κ3) is 3.95. The number of rotatable bonds is 7. The fourth-order valence-electron chi connectivity index (χ4n) is 5.30. The number of hydrogen-bond acceptors (Lipinski definition) is 8. The lowest BCUT2D eigenvalue weighted by Gasteiger charge is -2.53. The first-order valence-electron chi connectivity index (χ1n) is 10.7. The van der Waals surface area contributed by atoms with Gasteiger partial charge in [-0.3, -0.25) is 4.90 Å². The molecule has 0 radical (unpaired) electrons. The Morgan fingerprint density at radius 3 is 2.45 bits per heavy atom. The molecule has 2 bridgehead atoms. The molecule has 31 heavy (non-hydrogen) atoms. The summed E-state index contributed by atoms with van der Waals surface area (Å²) in [5, 5.41) is 21.6. The number of piperidine rings is 1. The van der Waals surface area contributed by atoms with E-state index in [1.165, 1.54) is 7.11 Å². The lowest BCUT2D eigenvalue weighted by molar-refractivity contribution is -0.149. The molecule has 1 saturated carbocycles. The van der Waals surface area contributed by atoms with Gasteiger partial charge in [-0.25, -0.2) is 4.98 Å². The van der Waals surface area contributed by atoms with Crippen molar-refractivity contribution in [1.29, 1.82) is 0 Å². The molecular weight excluding hydrogens is 398 g/mol. The van der Waals surface area contributed by atoms with Crippen LogP contribution in [0.2, 0.25) is 0 Å². The zero-order valence-corrected chi connectivity index (χ0v) is 18.4. The van der Waals surface area contributed by atoms with Gasteiger partial charge < -0.3 is 24.4 Å². The molecule has 1 aliphatic heterocycles. The van der Waals surface area contributed by atoms with Crippen LogP contribution in [0.25, 0.3) is 0 Å². The van der Waals surface area contributed by atoms with Gasteiger partial charge >= 0.3 is 6.01 Å². The molecule has 1 saturated heterocycles. The van der Waals surface area contributed by atoms with E-state index in [0.29, 0.717) is 17.2 Å². The van der Waals surface area contributed by atoms with Crippen molar-refractivity contribution in [3.05, 3.63) is 41.1 Å². The number of likely N-dealkylation sites (tertiary alicyclic amines) is 1. The van der Waals surface area contributed by atoms with Gasteiger partial charge in [0.1, 0.15) is 11.4 Å². The van der Waals surface area contributed by atoms with Crippen LogP contribution in [0.1, 0.15) is 36.0 Å². The lowest BCUT2D eigenvalue weighted by Crippen LogP contribution is -2.58. The zero-order valence-electron chi connectivity index (χ0n) is 18.4. The topological polar surface area (TPSA) is 97.2 Å². The number of aromatic nitrogens is 2. The van der Waals surface area contributed by atoms with Crippen molar-refractivity contribution < 1.29 is 24.4 Å². The Balaban J connectivity index is 1.58. The van der Waals surface area contributed by atoms with Crippen LogP contribution in [0.5, 0.6) is 17.6 Å². The number of fused-ring (bicyclic) bond motifs is 2. The third-order valence-electron chi connectivity index (χ3n) is 6.77. The van der Waals surface area contributed by atoms with Gasteiger partial charge in [0, 0.05) is 43.2 Å². The summed E-state index contributed by atoms with van der Waals surface area (Å²) in [7, 11) is 4.68. The predicted octanol–water partition coefficient (Wildman–Crippen LogP) is 2.11. The van der Waals surface area contributed by atoms with Crippen LogP contribution < -0.4 is 14.2 Å². The molecule has 1 aromatic carbocycles. The van der Waals surface area contributed by atoms with E-state index in [0.717, 1.165) is 50.0 Å². The highest BCUT2D eigenvalue weighted by molar-refractivity contribution is 5.37. The van der Waals surface area contributed by atoms with E-state index in [2.05, 4.69) is 14.9 Å². The van der Waals surface area contributed by atoms with Crippen molar-refractivity contribution in [1.82, 2.24) is 14.9 Å². The van der Waals surface area contributed by atoms with E-state index in [1.54, 1.807) is 20.4 Å². The number of ether oxygens (including phenoxy) is 3. The normalized spacial score (nSPS) is 25.8. The van der Waals surface area contributed by atoms with Crippen LogP contribution in [0.15, 0.2) is 24.4 Å². The molecule has 2 atom stereocenters. The molecule has 2 fully saturated rings. The third-order valence-corrected chi connectivity index (χ3v) is 6.77. The minimum atomic E-state index is -1.03. The molecule has 2 aliphatic rings. The Morgan fingerprint density at radius 1 is 1.10 bits per heavy atom. The number of benzene rings is 1. The Labute approximate surface area is 182 Å². The summed E-state index contributed by atoms with van der Waals surface area (Å²) in [6.45, 7) is 2.24. The second kappa shape index (κ2) is 8.98. The van der Waals surface area contributed by atoms with Gasteiger partial charge in [0.05, 0.1) is 33.5 Å². The van der Waals surface area contributed by atoms with Crippen LogP contribution in [0, 0.1) is 11.8 Å². The smallest absolute Gasteiger partial charge is 0.319 e. The first-order chi connectivity index (χ1) is 15.0. The summed E-state index contributed by atoms with van der Waals surface area (Å²) in [5.74, 6) is 1.19. The minimum Gasteiger partial charge on any atom is -0.496 e. The number of nitrogens with zero attached hydrogens (tertiary/aromatic N) is 3. The molecular formula is C23H31N3O5. The summed E-state index contributed by atoms with van der Waals surface area (Å²) >= 11 is 0. The van der Waals surface area contributed by atoms with E-state index in [9.17, 15) is 10.2 Å². The molecule has 2 heterocycles. The van der Waals surface area contributed by atoms with Gasteiger partial charge in [-0.2, -0.15) is 4.98 Å². The molecule has 1 aliphatic carbocycles. The van der Waals surface area contributed by atoms with E-state index >= 15 is 0 Å². The van der Waals surface area contributed by atoms with Crippen LogP contribution >= 0.6 is 0 Å². The number of aliphatic hydroxyl groups excluding tert-OH is 1. The Bertz CT molecular complexity index is 908.